The van der Waals surface area contributed by atoms with Gasteiger partial charge in [0.15, 0.2) is 0 Å². The normalized spacial score (nSPS) is 29.5. The van der Waals surface area contributed by atoms with Crippen LogP contribution in [0.25, 0.3) is 0 Å². The van der Waals surface area contributed by atoms with Gasteiger partial charge in [-0.2, -0.15) is 0 Å². The summed E-state index contributed by atoms with van der Waals surface area (Å²) in [4.78, 5) is 12.3. The highest BCUT2D eigenvalue weighted by atomic mass is 16.2. The SMILES string of the molecule is Cc1cccc(N)c1NC(=O)C1C2CCCCC21. The van der Waals surface area contributed by atoms with Crippen molar-refractivity contribution in [3.8, 4) is 0 Å². The molecule has 3 N–H and O–H groups in total. The number of nitrogen functional groups attached to an aromatic ring is 1. The molecule has 2 aliphatic rings. The van der Waals surface area contributed by atoms with E-state index in [2.05, 4.69) is 5.32 Å². The quantitative estimate of drug-likeness (QED) is 0.786. The summed E-state index contributed by atoms with van der Waals surface area (Å²) >= 11 is 0. The lowest BCUT2D eigenvalue weighted by atomic mass is 10.0. The molecule has 1 amide bonds. The molecule has 2 fully saturated rings. The van der Waals surface area contributed by atoms with Gasteiger partial charge in [-0.1, -0.05) is 25.0 Å². The van der Waals surface area contributed by atoms with Gasteiger partial charge in [0.25, 0.3) is 0 Å². The second-order valence-corrected chi connectivity index (χ2v) is 5.67. The van der Waals surface area contributed by atoms with Crippen LogP contribution >= 0.6 is 0 Å². The number of hydrogen-bond acceptors (Lipinski definition) is 2. The molecule has 3 nitrogen and oxygen atoms in total. The molecule has 2 atom stereocenters. The molecule has 0 aliphatic heterocycles. The number of amides is 1. The molecule has 1 aromatic carbocycles. The summed E-state index contributed by atoms with van der Waals surface area (Å²) in [5.41, 5.74) is 8.41. The van der Waals surface area contributed by atoms with E-state index < -0.39 is 0 Å². The Hall–Kier alpha value is -1.51. The van der Waals surface area contributed by atoms with E-state index in [0.717, 1.165) is 11.3 Å². The summed E-state index contributed by atoms with van der Waals surface area (Å²) in [6.07, 6.45) is 5.03. The Labute approximate surface area is 108 Å². The highest BCUT2D eigenvalue weighted by molar-refractivity contribution is 5.98. The lowest BCUT2D eigenvalue weighted by Gasteiger charge is -2.10. The molecule has 18 heavy (non-hydrogen) atoms. The minimum atomic E-state index is 0.174. The Balaban J connectivity index is 1.72. The molecule has 0 aromatic heterocycles. The summed E-state index contributed by atoms with van der Waals surface area (Å²) in [7, 11) is 0. The van der Waals surface area contributed by atoms with Crippen molar-refractivity contribution in [2.24, 2.45) is 17.8 Å². The molecule has 0 radical (unpaired) electrons. The number of fused-ring (bicyclic) bond motifs is 1. The van der Waals surface area contributed by atoms with Crippen LogP contribution in [0.5, 0.6) is 0 Å². The Morgan fingerprint density at radius 3 is 2.56 bits per heavy atom. The zero-order valence-electron chi connectivity index (χ0n) is 10.8. The minimum Gasteiger partial charge on any atom is -0.397 e. The van der Waals surface area contributed by atoms with Crippen molar-refractivity contribution in [2.45, 2.75) is 32.6 Å². The van der Waals surface area contributed by atoms with Crippen molar-refractivity contribution in [2.75, 3.05) is 11.1 Å². The Bertz CT molecular complexity index is 451. The number of benzene rings is 1. The minimum absolute atomic E-state index is 0.174. The van der Waals surface area contributed by atoms with Gasteiger partial charge in [-0.3, -0.25) is 4.79 Å². The molecule has 1 aromatic rings. The predicted octanol–water partition coefficient (Wildman–Crippen LogP) is 2.95. The summed E-state index contributed by atoms with van der Waals surface area (Å²) in [5, 5.41) is 3.03. The highest BCUT2D eigenvalue weighted by Crippen LogP contribution is 2.55. The first-order chi connectivity index (χ1) is 8.68. The van der Waals surface area contributed by atoms with E-state index in [1.807, 2.05) is 25.1 Å². The van der Waals surface area contributed by atoms with Crippen LogP contribution in [-0.2, 0) is 4.79 Å². The third kappa shape index (κ3) is 1.88. The maximum absolute atomic E-state index is 12.3. The van der Waals surface area contributed by atoms with Crippen LogP contribution in [0.2, 0.25) is 0 Å². The molecule has 96 valence electrons. The smallest absolute Gasteiger partial charge is 0.228 e. The third-order valence-corrected chi connectivity index (χ3v) is 4.51. The maximum atomic E-state index is 12.3. The fourth-order valence-corrected chi connectivity index (χ4v) is 3.45. The molecule has 0 bridgehead atoms. The number of aryl methyl sites for hydroxylation is 1. The Morgan fingerprint density at radius 2 is 1.94 bits per heavy atom. The zero-order valence-corrected chi connectivity index (χ0v) is 10.8. The predicted molar refractivity (Wildman–Crippen MR) is 73.2 cm³/mol. The molecular formula is C15H20N2O. The van der Waals surface area contributed by atoms with Crippen LogP contribution in [0.4, 0.5) is 11.4 Å². The van der Waals surface area contributed by atoms with Crippen LogP contribution < -0.4 is 11.1 Å². The molecule has 2 aliphatic carbocycles. The summed E-state index contributed by atoms with van der Waals surface area (Å²) in [6.45, 7) is 1.98. The van der Waals surface area contributed by atoms with Gasteiger partial charge in [-0.25, -0.2) is 0 Å². The van der Waals surface area contributed by atoms with E-state index in [0.29, 0.717) is 17.5 Å². The Kier molecular flexibility index (Phi) is 2.77. The molecule has 3 rings (SSSR count). The van der Waals surface area contributed by atoms with Crippen LogP contribution in [-0.4, -0.2) is 5.91 Å². The number of para-hydroxylation sites is 1. The number of carbonyl (C=O) groups excluding carboxylic acids is 1. The van der Waals surface area contributed by atoms with Crippen molar-refractivity contribution >= 4 is 17.3 Å². The lowest BCUT2D eigenvalue weighted by molar-refractivity contribution is -0.117. The second kappa shape index (κ2) is 4.30. The number of anilines is 2. The molecule has 0 heterocycles. The van der Waals surface area contributed by atoms with E-state index in [-0.39, 0.29) is 11.8 Å². The van der Waals surface area contributed by atoms with E-state index in [1.54, 1.807) is 0 Å². The number of carbonyl (C=O) groups is 1. The van der Waals surface area contributed by atoms with E-state index >= 15 is 0 Å². The molecular weight excluding hydrogens is 224 g/mol. The zero-order chi connectivity index (χ0) is 12.7. The number of hydrogen-bond donors (Lipinski definition) is 2. The average Bonchev–Trinajstić information content (AvgIpc) is 3.08. The van der Waals surface area contributed by atoms with Crippen molar-refractivity contribution in [3.05, 3.63) is 23.8 Å². The molecule has 2 saturated carbocycles. The standard InChI is InChI=1S/C15H20N2O/c1-9-5-4-8-12(16)14(9)17-15(18)13-10-6-2-3-7-11(10)13/h4-5,8,10-11,13H,2-3,6-7,16H2,1H3,(H,17,18). The van der Waals surface area contributed by atoms with E-state index in [4.69, 9.17) is 5.73 Å². The summed E-state index contributed by atoms with van der Waals surface area (Å²) in [5.74, 6) is 1.70. The highest BCUT2D eigenvalue weighted by Gasteiger charge is 2.54. The molecule has 2 unspecified atom stereocenters. The Morgan fingerprint density at radius 1 is 1.28 bits per heavy atom. The van der Waals surface area contributed by atoms with E-state index in [9.17, 15) is 4.79 Å². The van der Waals surface area contributed by atoms with E-state index in [1.165, 1.54) is 25.7 Å². The van der Waals surface area contributed by atoms with Gasteiger partial charge in [0.2, 0.25) is 5.91 Å². The van der Waals surface area contributed by atoms with Crippen molar-refractivity contribution in [3.63, 3.8) is 0 Å². The van der Waals surface area contributed by atoms with Crippen LogP contribution in [0.3, 0.4) is 0 Å². The summed E-state index contributed by atoms with van der Waals surface area (Å²) in [6, 6.07) is 5.73. The monoisotopic (exact) mass is 244 g/mol. The number of nitrogens with two attached hydrogens (primary N) is 1. The van der Waals surface area contributed by atoms with Gasteiger partial charge in [-0.05, 0) is 43.2 Å². The first-order valence-electron chi connectivity index (χ1n) is 6.84. The molecule has 3 heteroatoms. The number of nitrogens with one attached hydrogen (secondary N) is 1. The average molecular weight is 244 g/mol. The fraction of sp³-hybridized carbons (Fsp3) is 0.533. The molecule has 0 saturated heterocycles. The number of rotatable bonds is 2. The van der Waals surface area contributed by atoms with Gasteiger partial charge >= 0.3 is 0 Å². The van der Waals surface area contributed by atoms with Gasteiger partial charge in [0.05, 0.1) is 11.4 Å². The van der Waals surface area contributed by atoms with Crippen LogP contribution in [0.1, 0.15) is 31.2 Å². The van der Waals surface area contributed by atoms with Gasteiger partial charge in [-0.15, -0.1) is 0 Å². The van der Waals surface area contributed by atoms with Gasteiger partial charge in [0.1, 0.15) is 0 Å². The topological polar surface area (TPSA) is 55.1 Å². The lowest BCUT2D eigenvalue weighted by Crippen LogP contribution is -2.17. The van der Waals surface area contributed by atoms with Gasteiger partial charge in [0, 0.05) is 5.92 Å². The molecule has 0 spiro atoms. The first kappa shape index (κ1) is 11.6. The fourth-order valence-electron chi connectivity index (χ4n) is 3.45. The van der Waals surface area contributed by atoms with Gasteiger partial charge < -0.3 is 11.1 Å². The third-order valence-electron chi connectivity index (χ3n) is 4.51. The largest absolute Gasteiger partial charge is 0.397 e. The van der Waals surface area contributed by atoms with Crippen LogP contribution in [0, 0.1) is 24.7 Å². The van der Waals surface area contributed by atoms with Crippen LogP contribution in [0.15, 0.2) is 18.2 Å². The van der Waals surface area contributed by atoms with Crippen molar-refractivity contribution in [1.82, 2.24) is 0 Å². The van der Waals surface area contributed by atoms with Crippen molar-refractivity contribution in [1.29, 1.82) is 0 Å². The van der Waals surface area contributed by atoms with Crippen molar-refractivity contribution < 1.29 is 4.79 Å². The summed E-state index contributed by atoms with van der Waals surface area (Å²) < 4.78 is 0. The first-order valence-corrected chi connectivity index (χ1v) is 6.84. The maximum Gasteiger partial charge on any atom is 0.228 e. The second-order valence-electron chi connectivity index (χ2n) is 5.67.